The first-order valence-corrected chi connectivity index (χ1v) is 2.64. The molecular weight excluding hydrogens is 180 g/mol. The summed E-state index contributed by atoms with van der Waals surface area (Å²) in [6.45, 7) is 0. The van der Waals surface area contributed by atoms with E-state index in [2.05, 4.69) is 0 Å². The zero-order chi connectivity index (χ0) is 7.56. The third kappa shape index (κ3) is 3.89. The maximum Gasteiger partial charge on any atom is 1.00 e. The molecule has 1 rings (SSSR count). The van der Waals surface area contributed by atoms with Crippen LogP contribution in [0.15, 0.2) is 24.3 Å². The normalized spacial score (nSPS) is 7.67. The Kier molecular flexibility index (Phi) is 8.56. The molecule has 0 saturated carbocycles. The predicted octanol–water partition coefficient (Wildman–Crippen LogP) is -4.47. The summed E-state index contributed by atoms with van der Waals surface area (Å²) >= 11 is 0. The molecule has 1 aromatic carbocycles. The van der Waals surface area contributed by atoms with Crippen LogP contribution in [0.1, 0.15) is 2.85 Å². The van der Waals surface area contributed by atoms with Gasteiger partial charge in [-0.25, -0.2) is 0 Å². The minimum Gasteiger partial charge on any atom is -1.00 e. The molecule has 0 aliphatic heterocycles. The summed E-state index contributed by atoms with van der Waals surface area (Å²) < 4.78 is 0. The second kappa shape index (κ2) is 6.88. The SMILES string of the molecule is O=[N+]([O-])c1ccccc1O.[H-].[H-].[Na+].[Na+]. The Hall–Kier alpha value is 0.420. The number of phenols is 1. The van der Waals surface area contributed by atoms with Gasteiger partial charge in [0.25, 0.3) is 0 Å². The molecule has 0 radical (unpaired) electrons. The first-order valence-electron chi connectivity index (χ1n) is 2.64. The predicted molar refractivity (Wildman–Crippen MR) is 37.0 cm³/mol. The molecule has 0 heterocycles. The van der Waals surface area contributed by atoms with Gasteiger partial charge >= 0.3 is 64.8 Å². The Balaban J connectivity index is -0.000000125. The fourth-order valence-corrected chi connectivity index (χ4v) is 0.619. The van der Waals surface area contributed by atoms with Gasteiger partial charge in [0.15, 0.2) is 5.75 Å². The van der Waals surface area contributed by atoms with E-state index in [1.165, 1.54) is 24.3 Å². The van der Waals surface area contributed by atoms with Crippen molar-refractivity contribution < 1.29 is 72.0 Å². The van der Waals surface area contributed by atoms with Crippen molar-refractivity contribution in [1.82, 2.24) is 0 Å². The maximum atomic E-state index is 10.1. The Morgan fingerprint density at radius 2 is 1.83 bits per heavy atom. The van der Waals surface area contributed by atoms with Gasteiger partial charge in [-0.15, -0.1) is 0 Å². The second-order valence-corrected chi connectivity index (χ2v) is 1.75. The van der Waals surface area contributed by atoms with Crippen molar-refractivity contribution >= 4 is 5.69 Å². The number of nitro groups is 1. The largest absolute Gasteiger partial charge is 1.00 e. The molecule has 0 aliphatic rings. The third-order valence-corrected chi connectivity index (χ3v) is 1.08. The fraction of sp³-hybridized carbons (Fsp3) is 0. The van der Waals surface area contributed by atoms with E-state index in [1.54, 1.807) is 0 Å². The topological polar surface area (TPSA) is 63.4 Å². The number of aromatic hydroxyl groups is 1. The molecule has 0 spiro atoms. The van der Waals surface area contributed by atoms with E-state index in [0.717, 1.165) is 0 Å². The van der Waals surface area contributed by atoms with Crippen LogP contribution in [0.3, 0.4) is 0 Å². The van der Waals surface area contributed by atoms with Crippen LogP contribution in [-0.4, -0.2) is 10.0 Å². The van der Waals surface area contributed by atoms with Crippen molar-refractivity contribution in [3.63, 3.8) is 0 Å². The van der Waals surface area contributed by atoms with Gasteiger partial charge in [0.1, 0.15) is 0 Å². The zero-order valence-electron chi connectivity index (χ0n) is 9.02. The van der Waals surface area contributed by atoms with E-state index in [0.29, 0.717) is 0 Å². The second-order valence-electron chi connectivity index (χ2n) is 1.75. The number of nitrogens with zero attached hydrogens (tertiary/aromatic N) is 1. The molecule has 0 aliphatic carbocycles. The van der Waals surface area contributed by atoms with Crippen LogP contribution >= 0.6 is 0 Å². The number of hydrogen-bond donors (Lipinski definition) is 1. The van der Waals surface area contributed by atoms with E-state index in [-0.39, 0.29) is 73.4 Å². The number of hydrogen-bond acceptors (Lipinski definition) is 3. The number of benzene rings is 1. The first kappa shape index (κ1) is 14.9. The summed E-state index contributed by atoms with van der Waals surface area (Å²) in [5.41, 5.74) is -0.262. The Labute approximate surface area is 117 Å². The molecule has 0 saturated heterocycles. The summed E-state index contributed by atoms with van der Waals surface area (Å²) in [7, 11) is 0. The molecular formula is C6H7NNa2O3. The quantitative estimate of drug-likeness (QED) is 0.274. The van der Waals surface area contributed by atoms with E-state index in [4.69, 9.17) is 5.11 Å². The average molecular weight is 187 g/mol. The molecule has 0 unspecified atom stereocenters. The van der Waals surface area contributed by atoms with Crippen molar-refractivity contribution in [1.29, 1.82) is 0 Å². The summed E-state index contributed by atoms with van der Waals surface area (Å²) in [4.78, 5) is 9.44. The molecule has 0 bridgehead atoms. The van der Waals surface area contributed by atoms with Gasteiger partial charge in [-0.1, -0.05) is 12.1 Å². The van der Waals surface area contributed by atoms with Crippen LogP contribution in [0, 0.1) is 10.1 Å². The van der Waals surface area contributed by atoms with Gasteiger partial charge in [-0.05, 0) is 6.07 Å². The molecule has 6 heteroatoms. The molecule has 0 aromatic heterocycles. The fourth-order valence-electron chi connectivity index (χ4n) is 0.619. The summed E-state index contributed by atoms with van der Waals surface area (Å²) in [6.07, 6.45) is 0. The van der Waals surface area contributed by atoms with Gasteiger partial charge in [0.05, 0.1) is 4.92 Å². The average Bonchev–Trinajstić information content (AvgIpc) is 1.88. The van der Waals surface area contributed by atoms with Gasteiger partial charge in [0.2, 0.25) is 0 Å². The number of phenolic OH excluding ortho intramolecular Hbond substituents is 1. The molecule has 56 valence electrons. The Bertz CT molecular complexity index is 275. The van der Waals surface area contributed by atoms with Crippen molar-refractivity contribution in [2.45, 2.75) is 0 Å². The van der Waals surface area contributed by atoms with E-state index in [1.807, 2.05) is 0 Å². The third-order valence-electron chi connectivity index (χ3n) is 1.08. The maximum absolute atomic E-state index is 10.1. The summed E-state index contributed by atoms with van der Waals surface area (Å²) in [6, 6.07) is 5.55. The van der Waals surface area contributed by atoms with Crippen molar-refractivity contribution in [2.75, 3.05) is 0 Å². The summed E-state index contributed by atoms with van der Waals surface area (Å²) in [5.74, 6) is -0.299. The zero-order valence-corrected chi connectivity index (χ0v) is 11.0. The van der Waals surface area contributed by atoms with Crippen LogP contribution in [0.2, 0.25) is 0 Å². The van der Waals surface area contributed by atoms with E-state index >= 15 is 0 Å². The van der Waals surface area contributed by atoms with Crippen LogP contribution in [-0.2, 0) is 0 Å². The van der Waals surface area contributed by atoms with Gasteiger partial charge in [-0.2, -0.15) is 0 Å². The molecule has 1 aromatic rings. The van der Waals surface area contributed by atoms with E-state index in [9.17, 15) is 10.1 Å². The monoisotopic (exact) mass is 187 g/mol. The molecule has 12 heavy (non-hydrogen) atoms. The van der Waals surface area contributed by atoms with Crippen molar-refractivity contribution in [3.8, 4) is 5.75 Å². The van der Waals surface area contributed by atoms with Crippen LogP contribution in [0.4, 0.5) is 5.69 Å². The van der Waals surface area contributed by atoms with Crippen LogP contribution in [0.5, 0.6) is 5.75 Å². The Morgan fingerprint density at radius 3 is 2.17 bits per heavy atom. The summed E-state index contributed by atoms with van der Waals surface area (Å²) in [5, 5.41) is 18.9. The first-order chi connectivity index (χ1) is 4.72. The van der Waals surface area contributed by atoms with Crippen molar-refractivity contribution in [3.05, 3.63) is 34.4 Å². The standard InChI is InChI=1S/C6H5NO3.2Na.2H/c8-6-4-2-1-3-5(6)7(9)10;;;;/h1-4,8H;;;;/q;2*+1;2*-1. The minimum absolute atomic E-state index is 0. The molecule has 0 fully saturated rings. The van der Waals surface area contributed by atoms with Crippen LogP contribution < -0.4 is 59.1 Å². The molecule has 1 N–H and O–H groups in total. The minimum atomic E-state index is -0.630. The number of nitro benzene ring substituents is 1. The molecule has 4 nitrogen and oxygen atoms in total. The molecule has 0 amide bonds. The Morgan fingerprint density at radius 1 is 1.33 bits per heavy atom. The smallest absolute Gasteiger partial charge is 1.00 e. The van der Waals surface area contributed by atoms with Crippen LogP contribution in [0.25, 0.3) is 0 Å². The van der Waals surface area contributed by atoms with Crippen molar-refractivity contribution in [2.24, 2.45) is 0 Å². The van der Waals surface area contributed by atoms with Gasteiger partial charge < -0.3 is 7.96 Å². The van der Waals surface area contributed by atoms with Gasteiger partial charge in [-0.3, -0.25) is 10.1 Å². The van der Waals surface area contributed by atoms with Gasteiger partial charge in [0, 0.05) is 6.07 Å². The van der Waals surface area contributed by atoms with E-state index < -0.39 is 4.92 Å². The number of rotatable bonds is 1. The molecule has 0 atom stereocenters. The number of para-hydroxylation sites is 2.